The van der Waals surface area contributed by atoms with Gasteiger partial charge >= 0.3 is 11.3 Å². The van der Waals surface area contributed by atoms with Gasteiger partial charge in [-0.15, -0.1) is 0 Å². The minimum Gasteiger partial charge on any atom is -0.493 e. The first-order valence-electron chi connectivity index (χ1n) is 11.3. The van der Waals surface area contributed by atoms with E-state index in [0.717, 1.165) is 30.6 Å². The van der Waals surface area contributed by atoms with E-state index in [1.54, 1.807) is 29.9 Å². The van der Waals surface area contributed by atoms with E-state index >= 15 is 0 Å². The van der Waals surface area contributed by atoms with Crippen molar-refractivity contribution in [2.24, 2.45) is 0 Å². The number of carbonyl (C=O) groups excluding carboxylic acids is 1. The highest BCUT2D eigenvalue weighted by Crippen LogP contribution is 2.39. The van der Waals surface area contributed by atoms with Crippen molar-refractivity contribution in [3.8, 4) is 22.8 Å². The zero-order valence-electron chi connectivity index (χ0n) is 19.8. The quantitative estimate of drug-likeness (QED) is 0.298. The number of amides is 1. The molecule has 0 spiro atoms. The fraction of sp³-hybridized carbons (Fsp3) is 0.360. The number of fused-ring (bicyclic) bond motifs is 3. The van der Waals surface area contributed by atoms with Crippen molar-refractivity contribution >= 4 is 23.4 Å². The molecule has 1 aromatic heterocycles. The van der Waals surface area contributed by atoms with E-state index in [0.29, 0.717) is 33.6 Å². The number of aromatic amines is 1. The predicted octanol–water partition coefficient (Wildman–Crippen LogP) is 3.94. The maximum Gasteiger partial charge on any atom is 0.325 e. The Morgan fingerprint density at radius 1 is 1.15 bits per heavy atom. The summed E-state index contributed by atoms with van der Waals surface area (Å²) in [5, 5.41) is 5.34. The zero-order valence-corrected chi connectivity index (χ0v) is 20.6. The molecule has 0 saturated carbocycles. The number of thioether (sulfide) groups is 1. The van der Waals surface area contributed by atoms with Crippen molar-refractivity contribution < 1.29 is 19.0 Å². The summed E-state index contributed by atoms with van der Waals surface area (Å²) in [6.45, 7) is 3.67. The van der Waals surface area contributed by atoms with Crippen LogP contribution in [0.1, 0.15) is 44.8 Å². The van der Waals surface area contributed by atoms with Gasteiger partial charge in [-0.25, -0.2) is 4.90 Å². The van der Waals surface area contributed by atoms with Gasteiger partial charge in [0, 0.05) is 23.3 Å². The summed E-state index contributed by atoms with van der Waals surface area (Å²) in [4.78, 5) is 30.9. The van der Waals surface area contributed by atoms with Crippen molar-refractivity contribution in [3.05, 3.63) is 58.4 Å². The normalized spacial score (nSPS) is 14.4. The lowest BCUT2D eigenvalue weighted by atomic mass is 10.0. The second-order valence-electron chi connectivity index (χ2n) is 8.00. The monoisotopic (exact) mass is 481 g/mol. The molecular weight excluding hydrogens is 452 g/mol. The van der Waals surface area contributed by atoms with Crippen molar-refractivity contribution in [2.45, 2.75) is 44.4 Å². The van der Waals surface area contributed by atoms with Gasteiger partial charge < -0.3 is 9.47 Å². The number of H-pyrrole nitrogens is 1. The maximum atomic E-state index is 13.3. The van der Waals surface area contributed by atoms with Gasteiger partial charge in [-0.3, -0.25) is 14.6 Å². The van der Waals surface area contributed by atoms with Crippen LogP contribution in [0.2, 0.25) is 0 Å². The number of carbonyl (C=O) groups is 1. The number of methoxy groups -OCH3 is 2. The summed E-state index contributed by atoms with van der Waals surface area (Å²) in [7, 11) is 3.14. The molecular formula is C25H29N4O4S+. The molecule has 1 atom stereocenters. The summed E-state index contributed by atoms with van der Waals surface area (Å²) >= 11 is 1.51. The van der Waals surface area contributed by atoms with Gasteiger partial charge in [-0.1, -0.05) is 43.7 Å². The Bertz CT molecular complexity index is 1260. The van der Waals surface area contributed by atoms with E-state index in [9.17, 15) is 9.59 Å². The molecule has 0 unspecified atom stereocenters. The number of nitrogens with one attached hydrogen (secondary N) is 1. The lowest BCUT2D eigenvalue weighted by molar-refractivity contribution is -0.763. The summed E-state index contributed by atoms with van der Waals surface area (Å²) in [5.41, 5.74) is 2.23. The van der Waals surface area contributed by atoms with Gasteiger partial charge in [0.1, 0.15) is 0 Å². The third kappa shape index (κ3) is 4.40. The molecule has 0 aliphatic carbocycles. The summed E-state index contributed by atoms with van der Waals surface area (Å²) in [5.74, 6) is 1.80. The number of para-hydroxylation sites is 1. The van der Waals surface area contributed by atoms with Crippen LogP contribution >= 0.6 is 11.8 Å². The molecule has 1 amide bonds. The van der Waals surface area contributed by atoms with Crippen LogP contribution in [0.5, 0.6) is 11.5 Å². The molecule has 0 saturated heterocycles. The van der Waals surface area contributed by atoms with Crippen LogP contribution in [0, 0.1) is 0 Å². The van der Waals surface area contributed by atoms with Crippen LogP contribution in [0.15, 0.2) is 52.4 Å². The van der Waals surface area contributed by atoms with Crippen LogP contribution in [0.4, 0.5) is 5.69 Å². The Morgan fingerprint density at radius 3 is 2.62 bits per heavy atom. The van der Waals surface area contributed by atoms with Gasteiger partial charge in [-0.05, 0) is 41.4 Å². The average molecular weight is 482 g/mol. The molecule has 1 aliphatic rings. The molecule has 9 heteroatoms. The van der Waals surface area contributed by atoms with E-state index in [2.05, 4.69) is 11.9 Å². The topological polar surface area (TPSA) is 88.4 Å². The fourth-order valence-corrected chi connectivity index (χ4v) is 5.06. The highest BCUT2D eigenvalue weighted by atomic mass is 32.2. The Balaban J connectivity index is 1.93. The Hall–Kier alpha value is -3.33. The van der Waals surface area contributed by atoms with Crippen LogP contribution < -0.4 is 24.6 Å². The largest absolute Gasteiger partial charge is 0.493 e. The minimum absolute atomic E-state index is 0.162. The van der Waals surface area contributed by atoms with Gasteiger partial charge in [0.25, 0.3) is 6.17 Å². The fourth-order valence-electron chi connectivity index (χ4n) is 4.21. The molecule has 2 heterocycles. The molecule has 1 N–H and O–H groups in total. The van der Waals surface area contributed by atoms with Crippen molar-refractivity contribution in [3.63, 3.8) is 0 Å². The molecule has 0 radical (unpaired) electrons. The smallest absolute Gasteiger partial charge is 0.325 e. The number of rotatable bonds is 8. The van der Waals surface area contributed by atoms with Crippen LogP contribution in [-0.2, 0) is 4.79 Å². The van der Waals surface area contributed by atoms with E-state index < -0.39 is 6.17 Å². The second-order valence-corrected chi connectivity index (χ2v) is 9.09. The van der Waals surface area contributed by atoms with Crippen LogP contribution in [0.3, 0.4) is 0 Å². The molecule has 0 fully saturated rings. The van der Waals surface area contributed by atoms with E-state index in [4.69, 9.17) is 14.6 Å². The standard InChI is InChI=1S/C25H28N4O4S/c1-5-6-9-14-34-25-26-23(31)22-18-10-7-8-11-19(18)28(16(2)30)24(29(22)27-25)17-12-13-20(32-3)21(15-17)33-4/h7-8,10-13,15,24H,5-6,9,14H2,1-4H3/p+1/t24-/m0/s1. The molecule has 1 aliphatic heterocycles. The number of benzene rings is 2. The molecule has 178 valence electrons. The van der Waals surface area contributed by atoms with E-state index in [-0.39, 0.29) is 11.5 Å². The highest BCUT2D eigenvalue weighted by Gasteiger charge is 2.45. The number of unbranched alkanes of at least 4 members (excludes halogenated alkanes) is 2. The van der Waals surface area contributed by atoms with E-state index in [1.165, 1.54) is 18.7 Å². The van der Waals surface area contributed by atoms with Gasteiger partial charge in [-0.2, -0.15) is 0 Å². The lowest BCUT2D eigenvalue weighted by Gasteiger charge is -2.31. The minimum atomic E-state index is -0.667. The molecule has 2 aromatic carbocycles. The van der Waals surface area contributed by atoms with Gasteiger partial charge in [0.2, 0.25) is 11.1 Å². The third-order valence-corrected chi connectivity index (χ3v) is 6.74. The first-order chi connectivity index (χ1) is 16.5. The number of hydrogen-bond donors (Lipinski definition) is 1. The first-order valence-corrected chi connectivity index (χ1v) is 12.3. The van der Waals surface area contributed by atoms with Crippen molar-refractivity contribution in [1.82, 2.24) is 10.1 Å². The SMILES string of the molecule is CCCCCSc1n[n+]2c(c(=O)[nH]1)-c1ccccc1N(C(C)=O)[C@@H]2c1ccc(OC)c(OC)c1. The molecule has 34 heavy (non-hydrogen) atoms. The number of anilines is 1. The Kier molecular flexibility index (Phi) is 7.21. The van der Waals surface area contributed by atoms with Crippen LogP contribution in [-0.4, -0.2) is 36.0 Å². The van der Waals surface area contributed by atoms with Gasteiger partial charge in [0.15, 0.2) is 11.5 Å². The molecule has 3 aromatic rings. The zero-order chi connectivity index (χ0) is 24.2. The van der Waals surface area contributed by atoms with Crippen molar-refractivity contribution in [1.29, 1.82) is 0 Å². The third-order valence-electron chi connectivity index (χ3n) is 5.79. The van der Waals surface area contributed by atoms with E-state index in [1.807, 2.05) is 36.4 Å². The summed E-state index contributed by atoms with van der Waals surface area (Å²) in [6.07, 6.45) is 2.61. The average Bonchev–Trinajstić information content (AvgIpc) is 2.85. The first kappa shape index (κ1) is 23.8. The summed E-state index contributed by atoms with van der Waals surface area (Å²) < 4.78 is 12.6. The van der Waals surface area contributed by atoms with Crippen LogP contribution in [0.25, 0.3) is 11.3 Å². The lowest BCUT2D eigenvalue weighted by Crippen LogP contribution is -2.60. The molecule has 0 bridgehead atoms. The second kappa shape index (κ2) is 10.3. The number of hydrogen-bond acceptors (Lipinski definition) is 6. The molecule has 8 nitrogen and oxygen atoms in total. The highest BCUT2D eigenvalue weighted by molar-refractivity contribution is 7.99. The molecule has 4 rings (SSSR count). The number of ether oxygens (including phenoxy) is 2. The number of nitrogens with zero attached hydrogens (tertiary/aromatic N) is 3. The van der Waals surface area contributed by atoms with Gasteiger partial charge in [0.05, 0.1) is 25.5 Å². The Morgan fingerprint density at radius 2 is 1.91 bits per heavy atom. The summed E-state index contributed by atoms with van der Waals surface area (Å²) in [6, 6.07) is 12.9. The van der Waals surface area contributed by atoms with Crippen molar-refractivity contribution in [2.75, 3.05) is 24.9 Å². The Labute approximate surface area is 202 Å². The number of aromatic nitrogens is 3. The predicted molar refractivity (Wildman–Crippen MR) is 132 cm³/mol. The maximum absolute atomic E-state index is 13.3.